The van der Waals surface area contributed by atoms with Gasteiger partial charge < -0.3 is 24.8 Å². The summed E-state index contributed by atoms with van der Waals surface area (Å²) < 4.78 is 13.0. The topological polar surface area (TPSA) is 149 Å². The zero-order chi connectivity index (χ0) is 31.4. The zero-order valence-electron chi connectivity index (χ0n) is 25.4. The highest BCUT2D eigenvalue weighted by Crippen LogP contribution is 2.38. The van der Waals surface area contributed by atoms with Crippen LogP contribution in [0.15, 0.2) is 67.0 Å². The lowest BCUT2D eigenvalue weighted by atomic mass is 9.99. The van der Waals surface area contributed by atoms with Crippen molar-refractivity contribution in [2.24, 2.45) is 0 Å². The summed E-state index contributed by atoms with van der Waals surface area (Å²) >= 11 is 0. The lowest BCUT2D eigenvalue weighted by Crippen LogP contribution is -2.50. The molecule has 2 aliphatic heterocycles. The summed E-state index contributed by atoms with van der Waals surface area (Å²) in [5, 5.41) is 21.0. The monoisotopic (exact) mass is 618 g/mol. The number of aromatic nitrogens is 2. The summed E-state index contributed by atoms with van der Waals surface area (Å²) in [5.41, 5.74) is 5.36. The molecule has 0 radical (unpaired) electrons. The van der Waals surface area contributed by atoms with Crippen molar-refractivity contribution in [3.05, 3.63) is 89.2 Å². The normalized spacial score (nSPS) is 20.5. The molecule has 1 aromatic heterocycles. The van der Waals surface area contributed by atoms with Crippen LogP contribution in [0, 0.1) is 0 Å². The third kappa shape index (κ3) is 9.52. The number of piperazine rings is 1. The third-order valence-corrected chi connectivity index (χ3v) is 8.21. The van der Waals surface area contributed by atoms with Crippen molar-refractivity contribution in [2.45, 2.75) is 63.8 Å². The second-order valence-corrected chi connectivity index (χ2v) is 11.4. The first-order chi connectivity index (χ1) is 22.0. The first kappa shape index (κ1) is 32.5. The van der Waals surface area contributed by atoms with Crippen molar-refractivity contribution in [1.82, 2.24) is 25.7 Å². The Labute approximate surface area is 263 Å². The first-order valence-corrected chi connectivity index (χ1v) is 15.5. The number of amides is 2. The smallest absolute Gasteiger partial charge is 0.243 e. The number of carbonyl (C=O) groups is 2. The van der Waals surface area contributed by atoms with Crippen molar-refractivity contribution in [3.8, 4) is 0 Å². The lowest BCUT2D eigenvalue weighted by molar-refractivity contribution is -0.253. The Morgan fingerprint density at radius 2 is 1.49 bits per heavy atom. The molecule has 2 saturated heterocycles. The van der Waals surface area contributed by atoms with Crippen LogP contribution in [0.1, 0.15) is 66.8 Å². The summed E-state index contributed by atoms with van der Waals surface area (Å²) in [6.07, 6.45) is 5.09. The summed E-state index contributed by atoms with van der Waals surface area (Å²) in [6, 6.07) is 17.6. The fourth-order valence-electron chi connectivity index (χ4n) is 5.61. The van der Waals surface area contributed by atoms with Gasteiger partial charge in [-0.15, -0.1) is 0 Å². The summed E-state index contributed by atoms with van der Waals surface area (Å²) in [5.74, 6) is 0.229. The number of nitrogens with one attached hydrogen (secondary N) is 2. The van der Waals surface area contributed by atoms with Gasteiger partial charge in [-0.05, 0) is 35.6 Å². The van der Waals surface area contributed by atoms with Gasteiger partial charge in [0, 0.05) is 76.5 Å². The molecule has 0 aliphatic carbocycles. The number of unbranched alkanes of at least 4 members (excludes halogenated alkanes) is 1. The van der Waals surface area contributed by atoms with E-state index in [-0.39, 0.29) is 31.1 Å². The van der Waals surface area contributed by atoms with Gasteiger partial charge in [-0.3, -0.25) is 19.7 Å². The number of anilines is 1. The minimum atomic E-state index is -0.551. The van der Waals surface area contributed by atoms with E-state index >= 15 is 0 Å². The van der Waals surface area contributed by atoms with Crippen LogP contribution in [-0.2, 0) is 32.2 Å². The average molecular weight is 619 g/mol. The number of aliphatic hydroxyl groups is 1. The van der Waals surface area contributed by atoms with Gasteiger partial charge in [0.25, 0.3) is 0 Å². The first-order valence-electron chi connectivity index (χ1n) is 15.5. The van der Waals surface area contributed by atoms with Crippen LogP contribution >= 0.6 is 0 Å². The molecular formula is C33H42N6O6. The minimum Gasteiger partial charge on any atom is -0.392 e. The van der Waals surface area contributed by atoms with E-state index in [9.17, 15) is 14.7 Å². The van der Waals surface area contributed by atoms with E-state index in [2.05, 4.69) is 25.1 Å². The molecule has 0 spiro atoms. The van der Waals surface area contributed by atoms with Gasteiger partial charge in [0.05, 0.1) is 18.8 Å². The van der Waals surface area contributed by atoms with Crippen molar-refractivity contribution >= 4 is 17.8 Å². The fourth-order valence-corrected chi connectivity index (χ4v) is 5.61. The number of rotatable bonds is 13. The highest BCUT2D eigenvalue weighted by Gasteiger charge is 2.34. The number of ether oxygens (including phenoxy) is 2. The van der Waals surface area contributed by atoms with Crippen LogP contribution < -0.4 is 15.7 Å². The van der Waals surface area contributed by atoms with Crippen molar-refractivity contribution < 1.29 is 29.4 Å². The second kappa shape index (κ2) is 16.4. The molecular weight excluding hydrogens is 576 g/mol. The molecule has 2 amide bonds. The van der Waals surface area contributed by atoms with Crippen LogP contribution in [-0.4, -0.2) is 75.8 Å². The molecule has 4 N–H and O–H groups in total. The quantitative estimate of drug-likeness (QED) is 0.128. The SMILES string of the molecule is O=C(CCCCC(=O)NCc1ccc([C@@H]2O[C@H](CN3CCN(c4ncccn4)CC3)C[C@H](c3ccc(CO)cc3)O2)cc1)NO. The van der Waals surface area contributed by atoms with Crippen LogP contribution in [0.25, 0.3) is 0 Å². The maximum absolute atomic E-state index is 12.2. The Kier molecular flexibility index (Phi) is 11.8. The molecule has 12 heteroatoms. The number of hydrogen-bond donors (Lipinski definition) is 4. The molecule has 2 fully saturated rings. The molecule has 3 atom stereocenters. The molecule has 0 bridgehead atoms. The van der Waals surface area contributed by atoms with Crippen LogP contribution in [0.3, 0.4) is 0 Å². The Bertz CT molecular complexity index is 1350. The van der Waals surface area contributed by atoms with Crippen LogP contribution in [0.5, 0.6) is 0 Å². The Morgan fingerprint density at radius 3 is 2.16 bits per heavy atom. The van der Waals surface area contributed by atoms with Gasteiger partial charge >= 0.3 is 0 Å². The molecule has 5 rings (SSSR count). The molecule has 45 heavy (non-hydrogen) atoms. The number of carbonyl (C=O) groups excluding carboxylic acids is 2. The van der Waals surface area contributed by atoms with Crippen molar-refractivity contribution in [3.63, 3.8) is 0 Å². The molecule has 240 valence electrons. The van der Waals surface area contributed by atoms with Crippen LogP contribution in [0.4, 0.5) is 5.95 Å². The van der Waals surface area contributed by atoms with Crippen LogP contribution in [0.2, 0.25) is 0 Å². The number of hydrogen-bond acceptors (Lipinski definition) is 10. The molecule has 2 aromatic carbocycles. The number of aliphatic hydroxyl groups excluding tert-OH is 1. The number of nitrogens with zero attached hydrogens (tertiary/aromatic N) is 4. The number of benzene rings is 2. The van der Waals surface area contributed by atoms with Crippen molar-refractivity contribution in [1.29, 1.82) is 0 Å². The van der Waals surface area contributed by atoms with E-state index in [1.807, 2.05) is 54.6 Å². The predicted molar refractivity (Wildman–Crippen MR) is 166 cm³/mol. The molecule has 12 nitrogen and oxygen atoms in total. The van der Waals surface area contributed by atoms with Gasteiger partial charge in [-0.2, -0.15) is 0 Å². The van der Waals surface area contributed by atoms with Gasteiger partial charge in [-0.25, -0.2) is 15.4 Å². The summed E-state index contributed by atoms with van der Waals surface area (Å²) in [4.78, 5) is 36.7. The van der Waals surface area contributed by atoms with Gasteiger partial charge in [0.1, 0.15) is 0 Å². The average Bonchev–Trinajstić information content (AvgIpc) is 3.10. The van der Waals surface area contributed by atoms with E-state index in [0.717, 1.165) is 60.9 Å². The summed E-state index contributed by atoms with van der Waals surface area (Å²) in [7, 11) is 0. The zero-order valence-corrected chi connectivity index (χ0v) is 25.4. The largest absolute Gasteiger partial charge is 0.392 e. The Balaban J connectivity index is 1.18. The van der Waals surface area contributed by atoms with E-state index in [0.29, 0.717) is 32.2 Å². The predicted octanol–water partition coefficient (Wildman–Crippen LogP) is 3.02. The van der Waals surface area contributed by atoms with E-state index in [1.54, 1.807) is 17.9 Å². The second-order valence-electron chi connectivity index (χ2n) is 11.4. The Hall–Kier alpha value is -3.94. The third-order valence-electron chi connectivity index (χ3n) is 8.21. The van der Waals surface area contributed by atoms with Gasteiger partial charge in [-0.1, -0.05) is 48.5 Å². The molecule has 3 aromatic rings. The van der Waals surface area contributed by atoms with Crippen molar-refractivity contribution in [2.75, 3.05) is 37.6 Å². The fraction of sp³-hybridized carbons (Fsp3) is 0.455. The molecule has 3 heterocycles. The number of hydroxylamine groups is 1. The van der Waals surface area contributed by atoms with Gasteiger partial charge in [0.15, 0.2) is 6.29 Å². The molecule has 0 unspecified atom stereocenters. The van der Waals surface area contributed by atoms with E-state index in [4.69, 9.17) is 14.7 Å². The summed E-state index contributed by atoms with van der Waals surface area (Å²) in [6.45, 7) is 4.64. The maximum atomic E-state index is 12.2. The standard InChI is InChI=1S/C33H42N6O6/c40-23-25-8-10-26(11-9-25)29-20-28(22-38-16-18-39(19-17-38)33-34-14-3-15-35-33)44-32(45-29)27-12-6-24(7-13-27)21-36-30(41)4-1-2-5-31(42)37-43/h3,6-15,28-29,32,40,43H,1-2,4-5,16-23H2,(H,36,41)(H,37,42)/t28-,29+,32+/m0/s1. The molecule has 2 aliphatic rings. The highest BCUT2D eigenvalue weighted by atomic mass is 16.7. The Morgan fingerprint density at radius 1 is 0.844 bits per heavy atom. The van der Waals surface area contributed by atoms with Gasteiger partial charge in [0.2, 0.25) is 17.8 Å². The lowest BCUT2D eigenvalue weighted by Gasteiger charge is -2.40. The highest BCUT2D eigenvalue weighted by molar-refractivity contribution is 5.76. The maximum Gasteiger partial charge on any atom is 0.243 e. The van der Waals surface area contributed by atoms with E-state index in [1.165, 1.54) is 0 Å². The minimum absolute atomic E-state index is 0.00365. The van der Waals surface area contributed by atoms with E-state index < -0.39 is 12.2 Å². The molecule has 0 saturated carbocycles.